The predicted octanol–water partition coefficient (Wildman–Crippen LogP) is 5.52. The van der Waals surface area contributed by atoms with Crippen molar-refractivity contribution in [2.75, 3.05) is 5.32 Å². The Balaban J connectivity index is 2.18. The molecule has 0 bridgehead atoms. The maximum Gasteiger partial charge on any atom is 0.226 e. The minimum atomic E-state index is 0.0396. The van der Waals surface area contributed by atoms with Crippen LogP contribution < -0.4 is 5.32 Å². The first-order valence-electron chi connectivity index (χ1n) is 8.19. The Labute approximate surface area is 133 Å². The van der Waals surface area contributed by atoms with Gasteiger partial charge in [-0.05, 0) is 6.42 Å². The minimum absolute atomic E-state index is 0.0396. The molecule has 0 aliphatic carbocycles. The molecule has 0 aromatic carbocycles. The van der Waals surface area contributed by atoms with E-state index in [-0.39, 0.29) is 11.3 Å². The second kappa shape index (κ2) is 9.19. The van der Waals surface area contributed by atoms with Crippen molar-refractivity contribution >= 4 is 22.4 Å². The van der Waals surface area contributed by atoms with Crippen LogP contribution in [0.2, 0.25) is 0 Å². The molecule has 0 aliphatic heterocycles. The summed E-state index contributed by atoms with van der Waals surface area (Å²) < 4.78 is 0. The highest BCUT2D eigenvalue weighted by atomic mass is 32.1. The van der Waals surface area contributed by atoms with Crippen molar-refractivity contribution in [3.63, 3.8) is 0 Å². The van der Waals surface area contributed by atoms with E-state index in [1.54, 1.807) is 0 Å². The lowest BCUT2D eigenvalue weighted by Crippen LogP contribution is -2.13. The molecule has 4 heteroatoms. The first-order chi connectivity index (χ1) is 9.93. The van der Waals surface area contributed by atoms with Gasteiger partial charge in [0.1, 0.15) is 0 Å². The molecular formula is C17H30N2OS. The van der Waals surface area contributed by atoms with E-state index in [9.17, 15) is 4.79 Å². The van der Waals surface area contributed by atoms with E-state index >= 15 is 0 Å². The van der Waals surface area contributed by atoms with Crippen LogP contribution in [-0.2, 0) is 10.2 Å². The Bertz CT molecular complexity index is 421. The molecule has 0 radical (unpaired) electrons. The zero-order valence-corrected chi connectivity index (χ0v) is 14.8. The number of hydrogen-bond donors (Lipinski definition) is 1. The lowest BCUT2D eigenvalue weighted by atomic mass is 9.93. The average Bonchev–Trinajstić information content (AvgIpc) is 2.86. The number of carbonyl (C=O) groups excluding carboxylic acids is 1. The van der Waals surface area contributed by atoms with Crippen molar-refractivity contribution < 1.29 is 4.79 Å². The summed E-state index contributed by atoms with van der Waals surface area (Å²) in [5.74, 6) is 0.0957. The van der Waals surface area contributed by atoms with Gasteiger partial charge >= 0.3 is 0 Å². The zero-order valence-electron chi connectivity index (χ0n) is 14.0. The summed E-state index contributed by atoms with van der Waals surface area (Å²) in [6.45, 7) is 8.62. The third-order valence-electron chi connectivity index (χ3n) is 3.53. The molecule has 21 heavy (non-hydrogen) atoms. The molecule has 0 spiro atoms. The smallest absolute Gasteiger partial charge is 0.226 e. The Kier molecular flexibility index (Phi) is 7.94. The number of aromatic nitrogens is 1. The van der Waals surface area contributed by atoms with Gasteiger partial charge in [0.25, 0.3) is 0 Å². The van der Waals surface area contributed by atoms with Crippen molar-refractivity contribution in [1.29, 1.82) is 0 Å². The van der Waals surface area contributed by atoms with Crippen LogP contribution in [0, 0.1) is 0 Å². The fourth-order valence-electron chi connectivity index (χ4n) is 2.10. The van der Waals surface area contributed by atoms with Crippen LogP contribution in [0.3, 0.4) is 0 Å². The molecule has 1 N–H and O–H groups in total. The molecule has 1 aromatic heterocycles. The first kappa shape index (κ1) is 18.1. The van der Waals surface area contributed by atoms with Gasteiger partial charge in [-0.25, -0.2) is 4.98 Å². The summed E-state index contributed by atoms with van der Waals surface area (Å²) >= 11 is 1.51. The maximum atomic E-state index is 11.9. The third kappa shape index (κ3) is 7.60. The second-order valence-electron chi connectivity index (χ2n) is 6.71. The number of nitrogens with zero attached hydrogens (tertiary/aromatic N) is 1. The number of hydrogen-bond acceptors (Lipinski definition) is 3. The number of unbranched alkanes of at least 4 members (excludes halogenated alkanes) is 6. The van der Waals surface area contributed by atoms with Crippen LogP contribution in [0.4, 0.5) is 5.13 Å². The lowest BCUT2D eigenvalue weighted by Gasteiger charge is -2.14. The van der Waals surface area contributed by atoms with Gasteiger partial charge in [0.05, 0.1) is 5.69 Å². The van der Waals surface area contributed by atoms with Gasteiger partial charge in [-0.1, -0.05) is 66.2 Å². The van der Waals surface area contributed by atoms with Gasteiger partial charge in [0.15, 0.2) is 5.13 Å². The standard InChI is InChI=1S/C17H30N2OS/c1-5-6-7-8-9-10-11-12-15(20)19-16-18-14(13-21-16)17(2,3)4/h13H,5-12H2,1-4H3,(H,18,19,20). The molecular weight excluding hydrogens is 280 g/mol. The van der Waals surface area contributed by atoms with Crippen molar-refractivity contribution in [2.45, 2.75) is 84.5 Å². The molecule has 0 unspecified atom stereocenters. The van der Waals surface area contributed by atoms with Crippen molar-refractivity contribution in [3.05, 3.63) is 11.1 Å². The van der Waals surface area contributed by atoms with Gasteiger partial charge in [0, 0.05) is 17.2 Å². The fraction of sp³-hybridized carbons (Fsp3) is 0.765. The summed E-state index contributed by atoms with van der Waals surface area (Å²) in [6, 6.07) is 0. The molecule has 120 valence electrons. The lowest BCUT2D eigenvalue weighted by molar-refractivity contribution is -0.116. The number of amides is 1. The number of thiazole rings is 1. The highest BCUT2D eigenvalue weighted by Crippen LogP contribution is 2.26. The molecule has 3 nitrogen and oxygen atoms in total. The molecule has 1 rings (SSSR count). The first-order valence-corrected chi connectivity index (χ1v) is 9.07. The van der Waals surface area contributed by atoms with E-state index in [4.69, 9.17) is 0 Å². The molecule has 0 saturated heterocycles. The Morgan fingerprint density at radius 3 is 2.33 bits per heavy atom. The van der Waals surface area contributed by atoms with Crippen LogP contribution in [0.1, 0.15) is 84.8 Å². The van der Waals surface area contributed by atoms with Gasteiger partial charge in [-0.3, -0.25) is 4.79 Å². The summed E-state index contributed by atoms with van der Waals surface area (Å²) in [5, 5.41) is 5.67. The molecule has 1 heterocycles. The van der Waals surface area contributed by atoms with E-state index in [1.165, 1.54) is 43.4 Å². The summed E-state index contributed by atoms with van der Waals surface area (Å²) in [5.41, 5.74) is 1.08. The molecule has 0 fully saturated rings. The SMILES string of the molecule is CCCCCCCCCC(=O)Nc1nc(C(C)(C)C)cs1. The van der Waals surface area contributed by atoms with Crippen LogP contribution in [0.25, 0.3) is 0 Å². The van der Waals surface area contributed by atoms with E-state index < -0.39 is 0 Å². The Morgan fingerprint density at radius 1 is 1.14 bits per heavy atom. The van der Waals surface area contributed by atoms with Gasteiger partial charge < -0.3 is 5.32 Å². The second-order valence-corrected chi connectivity index (χ2v) is 7.57. The van der Waals surface area contributed by atoms with Crippen LogP contribution >= 0.6 is 11.3 Å². The maximum absolute atomic E-state index is 11.9. The fourth-order valence-corrected chi connectivity index (χ4v) is 3.05. The number of anilines is 1. The van der Waals surface area contributed by atoms with Gasteiger partial charge in [-0.2, -0.15) is 0 Å². The van der Waals surface area contributed by atoms with Crippen molar-refractivity contribution in [2.24, 2.45) is 0 Å². The summed E-state index contributed by atoms with van der Waals surface area (Å²) in [6.07, 6.45) is 9.25. The zero-order chi connectivity index (χ0) is 15.7. The molecule has 0 aliphatic rings. The van der Waals surface area contributed by atoms with E-state index in [1.807, 2.05) is 5.38 Å². The minimum Gasteiger partial charge on any atom is -0.302 e. The highest BCUT2D eigenvalue weighted by molar-refractivity contribution is 7.13. The molecule has 1 amide bonds. The Morgan fingerprint density at radius 2 is 1.76 bits per heavy atom. The van der Waals surface area contributed by atoms with Crippen LogP contribution in [-0.4, -0.2) is 10.9 Å². The largest absolute Gasteiger partial charge is 0.302 e. The van der Waals surface area contributed by atoms with E-state index in [2.05, 4.69) is 38.0 Å². The normalized spacial score (nSPS) is 11.6. The van der Waals surface area contributed by atoms with E-state index in [0.717, 1.165) is 23.7 Å². The quantitative estimate of drug-likeness (QED) is 0.610. The topological polar surface area (TPSA) is 42.0 Å². The third-order valence-corrected chi connectivity index (χ3v) is 4.28. The Hall–Kier alpha value is -0.900. The molecule has 0 atom stereocenters. The summed E-state index contributed by atoms with van der Waals surface area (Å²) in [4.78, 5) is 16.3. The van der Waals surface area contributed by atoms with Gasteiger partial charge in [-0.15, -0.1) is 11.3 Å². The predicted molar refractivity (Wildman–Crippen MR) is 92.1 cm³/mol. The highest BCUT2D eigenvalue weighted by Gasteiger charge is 2.17. The van der Waals surface area contributed by atoms with Crippen molar-refractivity contribution in [1.82, 2.24) is 4.98 Å². The summed E-state index contributed by atoms with van der Waals surface area (Å²) in [7, 11) is 0. The molecule has 1 aromatic rings. The number of nitrogens with one attached hydrogen (secondary N) is 1. The number of rotatable bonds is 9. The molecule has 0 saturated carbocycles. The van der Waals surface area contributed by atoms with Crippen LogP contribution in [0.15, 0.2) is 5.38 Å². The van der Waals surface area contributed by atoms with Crippen molar-refractivity contribution in [3.8, 4) is 0 Å². The van der Waals surface area contributed by atoms with E-state index in [0.29, 0.717) is 6.42 Å². The van der Waals surface area contributed by atoms with Crippen LogP contribution in [0.5, 0.6) is 0 Å². The van der Waals surface area contributed by atoms with Gasteiger partial charge in [0.2, 0.25) is 5.91 Å². The average molecular weight is 311 g/mol. The number of carbonyl (C=O) groups is 1. The monoisotopic (exact) mass is 310 g/mol.